The zero-order valence-corrected chi connectivity index (χ0v) is 8.96. The highest BCUT2D eigenvalue weighted by molar-refractivity contribution is 5.83. The Morgan fingerprint density at radius 3 is 2.88 bits per heavy atom. The summed E-state index contributed by atoms with van der Waals surface area (Å²) in [7, 11) is 0. The Labute approximate surface area is 97.7 Å². The minimum atomic E-state index is 0.334. The summed E-state index contributed by atoms with van der Waals surface area (Å²) >= 11 is 0. The molecule has 0 aliphatic rings. The Bertz CT molecular complexity index is 685. The fraction of sp³-hybridized carbons (Fsp3) is 0. The maximum absolute atomic E-state index is 10.6. The Kier molecular flexibility index (Phi) is 2.22. The zero-order chi connectivity index (χ0) is 11.7. The molecule has 3 rings (SSSR count). The first kappa shape index (κ1) is 9.78. The van der Waals surface area contributed by atoms with E-state index in [0.29, 0.717) is 17.8 Å². The average molecular weight is 223 g/mol. The zero-order valence-electron chi connectivity index (χ0n) is 8.96. The van der Waals surface area contributed by atoms with Crippen molar-refractivity contribution in [1.82, 2.24) is 4.98 Å². The molecule has 0 amide bonds. The van der Waals surface area contributed by atoms with Gasteiger partial charge in [0.05, 0.1) is 5.52 Å². The smallest absolute Gasteiger partial charge is 0.185 e. The quantitative estimate of drug-likeness (QED) is 0.626. The lowest BCUT2D eigenvalue weighted by Crippen LogP contribution is -1.79. The van der Waals surface area contributed by atoms with Crippen LogP contribution < -0.4 is 0 Å². The van der Waals surface area contributed by atoms with Gasteiger partial charge in [-0.2, -0.15) is 0 Å². The van der Waals surface area contributed by atoms with Gasteiger partial charge in [-0.3, -0.25) is 9.78 Å². The highest BCUT2D eigenvalue weighted by atomic mass is 16.3. The average Bonchev–Trinajstić information content (AvgIpc) is 2.87. The van der Waals surface area contributed by atoms with Crippen molar-refractivity contribution in [3.8, 4) is 11.3 Å². The Morgan fingerprint density at radius 1 is 1.12 bits per heavy atom. The minimum absolute atomic E-state index is 0.334. The normalized spacial score (nSPS) is 10.6. The van der Waals surface area contributed by atoms with E-state index in [1.165, 1.54) is 0 Å². The van der Waals surface area contributed by atoms with E-state index in [-0.39, 0.29) is 0 Å². The lowest BCUT2D eigenvalue weighted by molar-refractivity contribution is 0.110. The van der Waals surface area contributed by atoms with Crippen LogP contribution in [0.4, 0.5) is 0 Å². The summed E-state index contributed by atoms with van der Waals surface area (Å²) in [6.45, 7) is 0. The number of aromatic nitrogens is 1. The molecule has 17 heavy (non-hydrogen) atoms. The topological polar surface area (TPSA) is 43.1 Å². The van der Waals surface area contributed by atoms with Crippen LogP contribution in [0.2, 0.25) is 0 Å². The van der Waals surface area contributed by atoms with E-state index in [9.17, 15) is 4.79 Å². The van der Waals surface area contributed by atoms with Gasteiger partial charge in [-0.1, -0.05) is 18.2 Å². The molecule has 3 aromatic rings. The van der Waals surface area contributed by atoms with Gasteiger partial charge in [0.2, 0.25) is 0 Å². The number of carbonyl (C=O) groups is 1. The van der Waals surface area contributed by atoms with Crippen LogP contribution in [0.5, 0.6) is 0 Å². The Balaban J connectivity index is 2.14. The fourth-order valence-electron chi connectivity index (χ4n) is 1.79. The SMILES string of the molecule is O=Cc1ccc(-c2ccc3cccnc3c2)o1. The first-order chi connectivity index (χ1) is 8.36. The van der Waals surface area contributed by atoms with Gasteiger partial charge in [0.1, 0.15) is 5.76 Å². The van der Waals surface area contributed by atoms with Crippen molar-refractivity contribution < 1.29 is 9.21 Å². The predicted molar refractivity (Wildman–Crippen MR) is 64.8 cm³/mol. The number of hydrogen-bond donors (Lipinski definition) is 0. The molecule has 0 saturated carbocycles. The summed E-state index contributed by atoms with van der Waals surface area (Å²) in [4.78, 5) is 14.8. The molecule has 0 radical (unpaired) electrons. The molecule has 2 aromatic heterocycles. The number of hydrogen-bond acceptors (Lipinski definition) is 3. The van der Waals surface area contributed by atoms with Gasteiger partial charge >= 0.3 is 0 Å². The minimum Gasteiger partial charge on any atom is -0.453 e. The summed E-state index contributed by atoms with van der Waals surface area (Å²) in [5, 5.41) is 1.08. The van der Waals surface area contributed by atoms with Crippen molar-refractivity contribution in [2.24, 2.45) is 0 Å². The fourth-order valence-corrected chi connectivity index (χ4v) is 1.79. The highest BCUT2D eigenvalue weighted by Gasteiger charge is 2.05. The van der Waals surface area contributed by atoms with E-state index < -0.39 is 0 Å². The van der Waals surface area contributed by atoms with Crippen molar-refractivity contribution >= 4 is 17.2 Å². The van der Waals surface area contributed by atoms with E-state index in [1.807, 2.05) is 30.3 Å². The van der Waals surface area contributed by atoms with Crippen LogP contribution >= 0.6 is 0 Å². The van der Waals surface area contributed by atoms with E-state index in [4.69, 9.17) is 4.42 Å². The number of benzene rings is 1. The van der Waals surface area contributed by atoms with Crippen molar-refractivity contribution in [1.29, 1.82) is 0 Å². The number of nitrogens with zero attached hydrogens (tertiary/aromatic N) is 1. The van der Waals surface area contributed by atoms with Crippen LogP contribution in [-0.4, -0.2) is 11.3 Å². The number of carbonyl (C=O) groups excluding carboxylic acids is 1. The summed E-state index contributed by atoms with van der Waals surface area (Å²) in [6.07, 6.45) is 2.45. The Hall–Kier alpha value is -2.42. The van der Waals surface area contributed by atoms with Crippen LogP contribution in [0.15, 0.2) is 53.1 Å². The molecule has 0 N–H and O–H groups in total. The monoisotopic (exact) mass is 223 g/mol. The molecule has 0 atom stereocenters. The maximum Gasteiger partial charge on any atom is 0.185 e. The molecule has 0 aliphatic heterocycles. The van der Waals surface area contributed by atoms with E-state index in [1.54, 1.807) is 18.3 Å². The molecular weight excluding hydrogens is 214 g/mol. The van der Waals surface area contributed by atoms with Gasteiger partial charge < -0.3 is 4.42 Å². The van der Waals surface area contributed by atoms with Crippen LogP contribution in [0.3, 0.4) is 0 Å². The number of pyridine rings is 1. The summed E-state index contributed by atoms with van der Waals surface area (Å²) < 4.78 is 5.37. The molecule has 0 fully saturated rings. The molecule has 0 aliphatic carbocycles. The van der Waals surface area contributed by atoms with Gasteiger partial charge in [-0.25, -0.2) is 0 Å². The third-order valence-corrected chi connectivity index (χ3v) is 2.63. The first-order valence-corrected chi connectivity index (χ1v) is 5.27. The third-order valence-electron chi connectivity index (χ3n) is 2.63. The van der Waals surface area contributed by atoms with Gasteiger partial charge in [-0.05, 0) is 24.3 Å². The van der Waals surface area contributed by atoms with Crippen molar-refractivity contribution in [3.63, 3.8) is 0 Å². The molecule has 3 heteroatoms. The van der Waals surface area contributed by atoms with Gasteiger partial charge in [0.25, 0.3) is 0 Å². The Morgan fingerprint density at radius 2 is 2.06 bits per heavy atom. The van der Waals surface area contributed by atoms with Crippen LogP contribution in [0.1, 0.15) is 10.6 Å². The van der Waals surface area contributed by atoms with Gasteiger partial charge in [-0.15, -0.1) is 0 Å². The lowest BCUT2D eigenvalue weighted by atomic mass is 10.1. The molecule has 0 spiro atoms. The first-order valence-electron chi connectivity index (χ1n) is 5.27. The summed E-state index contributed by atoms with van der Waals surface area (Å²) in [6, 6.07) is 13.2. The predicted octanol–water partition coefficient (Wildman–Crippen LogP) is 3.31. The molecule has 0 saturated heterocycles. The molecule has 2 heterocycles. The number of aldehydes is 1. The van der Waals surface area contributed by atoms with Gasteiger partial charge in [0, 0.05) is 17.1 Å². The lowest BCUT2D eigenvalue weighted by Gasteiger charge is -1.99. The molecule has 1 aromatic carbocycles. The molecular formula is C14H9NO2. The number of fused-ring (bicyclic) bond motifs is 1. The van der Waals surface area contributed by atoms with Crippen molar-refractivity contribution in [2.45, 2.75) is 0 Å². The summed E-state index contributed by atoms with van der Waals surface area (Å²) in [5.41, 5.74) is 1.83. The third kappa shape index (κ3) is 1.72. The molecule has 0 unspecified atom stereocenters. The van der Waals surface area contributed by atoms with Gasteiger partial charge in [0.15, 0.2) is 12.0 Å². The van der Waals surface area contributed by atoms with E-state index in [2.05, 4.69) is 4.98 Å². The van der Waals surface area contributed by atoms with Crippen molar-refractivity contribution in [2.75, 3.05) is 0 Å². The number of rotatable bonds is 2. The second-order valence-electron chi connectivity index (χ2n) is 3.73. The second-order valence-corrected chi connectivity index (χ2v) is 3.73. The second kappa shape index (κ2) is 3.87. The molecule has 0 bridgehead atoms. The highest BCUT2D eigenvalue weighted by Crippen LogP contribution is 2.24. The van der Waals surface area contributed by atoms with Crippen molar-refractivity contribution in [3.05, 3.63) is 54.4 Å². The van der Waals surface area contributed by atoms with E-state index in [0.717, 1.165) is 16.5 Å². The van der Waals surface area contributed by atoms with E-state index >= 15 is 0 Å². The molecule has 3 nitrogen and oxygen atoms in total. The largest absolute Gasteiger partial charge is 0.453 e. The summed E-state index contributed by atoms with van der Waals surface area (Å²) in [5.74, 6) is 1.01. The molecule has 82 valence electrons. The number of furan rings is 1. The van der Waals surface area contributed by atoms with Crippen LogP contribution in [0.25, 0.3) is 22.2 Å². The maximum atomic E-state index is 10.6. The van der Waals surface area contributed by atoms with Crippen LogP contribution in [-0.2, 0) is 0 Å². The van der Waals surface area contributed by atoms with Crippen LogP contribution in [0, 0.1) is 0 Å². The standard InChI is InChI=1S/C14H9NO2/c16-9-12-5-6-14(17-12)11-4-3-10-2-1-7-15-13(10)8-11/h1-9H.